The van der Waals surface area contributed by atoms with Crippen LogP contribution in [0, 0.1) is 0 Å². The first-order chi connectivity index (χ1) is 7.59. The minimum absolute atomic E-state index is 0.0410. The molecule has 1 aromatic carbocycles. The number of aromatic nitrogens is 2. The topological polar surface area (TPSA) is 75.4 Å². The molecule has 82 valence electrons. The third-order valence-corrected chi connectivity index (χ3v) is 2.28. The molecule has 1 aromatic heterocycles. The first kappa shape index (κ1) is 10.2. The van der Waals surface area contributed by atoms with Gasteiger partial charge in [-0.3, -0.25) is 4.68 Å². The Labute approximate surface area is 91.6 Å². The van der Waals surface area contributed by atoms with Crippen LogP contribution in [-0.2, 0) is 7.05 Å². The lowest BCUT2D eigenvalue weighted by Crippen LogP contribution is -1.99. The number of aromatic hydroxyl groups is 1. The van der Waals surface area contributed by atoms with Gasteiger partial charge in [0.05, 0.1) is 5.69 Å². The monoisotopic (exact) mass is 218 g/mol. The molecule has 0 aliphatic rings. The maximum absolute atomic E-state index is 10.7. The van der Waals surface area contributed by atoms with Gasteiger partial charge in [-0.1, -0.05) is 12.1 Å². The number of hydrogen-bond donors (Lipinski definition) is 2. The Hall–Kier alpha value is -2.30. The van der Waals surface area contributed by atoms with Crippen molar-refractivity contribution in [2.75, 3.05) is 0 Å². The summed E-state index contributed by atoms with van der Waals surface area (Å²) >= 11 is 0. The molecule has 0 fully saturated rings. The Morgan fingerprint density at radius 2 is 2.06 bits per heavy atom. The van der Waals surface area contributed by atoms with Crippen molar-refractivity contribution in [2.45, 2.75) is 0 Å². The predicted octanol–water partition coefficient (Wildman–Crippen LogP) is 1.49. The molecule has 0 aliphatic carbocycles. The maximum Gasteiger partial charge on any atom is 0.356 e. The van der Waals surface area contributed by atoms with E-state index in [1.54, 1.807) is 31.3 Å². The van der Waals surface area contributed by atoms with Crippen molar-refractivity contribution >= 4 is 5.97 Å². The largest absolute Gasteiger partial charge is 0.507 e. The first-order valence-electron chi connectivity index (χ1n) is 4.65. The van der Waals surface area contributed by atoms with E-state index in [1.807, 2.05) is 0 Å². The van der Waals surface area contributed by atoms with Gasteiger partial charge in [-0.2, -0.15) is 5.10 Å². The zero-order valence-corrected chi connectivity index (χ0v) is 8.58. The Bertz CT molecular complexity index is 546. The number of nitrogens with zero attached hydrogens (tertiary/aromatic N) is 2. The Kier molecular flexibility index (Phi) is 2.36. The summed E-state index contributed by atoms with van der Waals surface area (Å²) in [4.78, 5) is 10.7. The highest BCUT2D eigenvalue weighted by molar-refractivity contribution is 5.87. The highest BCUT2D eigenvalue weighted by atomic mass is 16.4. The van der Waals surface area contributed by atoms with E-state index >= 15 is 0 Å². The van der Waals surface area contributed by atoms with Gasteiger partial charge in [0.1, 0.15) is 5.75 Å². The van der Waals surface area contributed by atoms with Crippen molar-refractivity contribution < 1.29 is 15.0 Å². The lowest BCUT2D eigenvalue weighted by Gasteiger charge is -2.03. The van der Waals surface area contributed by atoms with Crippen LogP contribution in [-0.4, -0.2) is 26.0 Å². The number of para-hydroxylation sites is 1. The number of carboxylic acid groups (broad SMARTS) is 1. The average molecular weight is 218 g/mol. The van der Waals surface area contributed by atoms with Gasteiger partial charge in [0, 0.05) is 12.6 Å². The number of aromatic carboxylic acids is 1. The van der Waals surface area contributed by atoms with E-state index in [4.69, 9.17) is 5.11 Å². The van der Waals surface area contributed by atoms with Gasteiger partial charge in [0.2, 0.25) is 0 Å². The van der Waals surface area contributed by atoms with Gasteiger partial charge in [0.15, 0.2) is 5.69 Å². The van der Waals surface area contributed by atoms with Gasteiger partial charge in [-0.25, -0.2) is 4.79 Å². The summed E-state index contributed by atoms with van der Waals surface area (Å²) < 4.78 is 1.43. The summed E-state index contributed by atoms with van der Waals surface area (Å²) in [7, 11) is 1.63. The van der Waals surface area contributed by atoms with Crippen LogP contribution in [0.5, 0.6) is 5.75 Å². The van der Waals surface area contributed by atoms with Crippen LogP contribution in [0.15, 0.2) is 30.3 Å². The SMILES string of the molecule is Cn1nc(C(=O)O)cc1-c1ccccc1O. The van der Waals surface area contributed by atoms with Crippen LogP contribution in [0.1, 0.15) is 10.5 Å². The molecule has 0 spiro atoms. The van der Waals surface area contributed by atoms with E-state index in [1.165, 1.54) is 10.7 Å². The minimum Gasteiger partial charge on any atom is -0.507 e. The van der Waals surface area contributed by atoms with E-state index in [-0.39, 0.29) is 11.4 Å². The quantitative estimate of drug-likeness (QED) is 0.800. The predicted molar refractivity (Wildman–Crippen MR) is 57.3 cm³/mol. The molecule has 5 heteroatoms. The zero-order chi connectivity index (χ0) is 11.7. The molecule has 5 nitrogen and oxygen atoms in total. The van der Waals surface area contributed by atoms with Crippen LogP contribution in [0.3, 0.4) is 0 Å². The number of carboxylic acids is 1. The molecule has 0 radical (unpaired) electrons. The third kappa shape index (κ3) is 1.63. The van der Waals surface area contributed by atoms with Crippen molar-refractivity contribution in [2.24, 2.45) is 7.05 Å². The van der Waals surface area contributed by atoms with Gasteiger partial charge >= 0.3 is 5.97 Å². The second kappa shape index (κ2) is 3.69. The van der Waals surface area contributed by atoms with Crippen molar-refractivity contribution in [1.82, 2.24) is 9.78 Å². The van der Waals surface area contributed by atoms with Gasteiger partial charge in [-0.15, -0.1) is 0 Å². The average Bonchev–Trinajstić information content (AvgIpc) is 2.61. The first-order valence-corrected chi connectivity index (χ1v) is 4.65. The van der Waals surface area contributed by atoms with Gasteiger partial charge in [0.25, 0.3) is 0 Å². The number of rotatable bonds is 2. The van der Waals surface area contributed by atoms with E-state index in [0.717, 1.165) is 0 Å². The smallest absolute Gasteiger partial charge is 0.356 e. The molecule has 16 heavy (non-hydrogen) atoms. The molecule has 0 amide bonds. The molecule has 0 unspecified atom stereocenters. The summed E-state index contributed by atoms with van der Waals surface area (Å²) in [5, 5.41) is 22.3. The normalized spacial score (nSPS) is 10.3. The Morgan fingerprint density at radius 1 is 1.38 bits per heavy atom. The van der Waals surface area contributed by atoms with E-state index in [9.17, 15) is 9.90 Å². The standard InChI is InChI=1S/C11H10N2O3/c1-13-9(6-8(12-13)11(15)16)7-4-2-3-5-10(7)14/h2-6,14H,1H3,(H,15,16). The molecule has 2 N–H and O–H groups in total. The number of hydrogen-bond acceptors (Lipinski definition) is 3. The zero-order valence-electron chi connectivity index (χ0n) is 8.58. The summed E-state index contributed by atoms with van der Waals surface area (Å²) in [6.45, 7) is 0. The minimum atomic E-state index is -1.09. The fraction of sp³-hybridized carbons (Fsp3) is 0.0909. The van der Waals surface area contributed by atoms with E-state index in [0.29, 0.717) is 11.3 Å². The third-order valence-electron chi connectivity index (χ3n) is 2.28. The molecule has 1 heterocycles. The molecule has 0 atom stereocenters. The number of phenols is 1. The Morgan fingerprint density at radius 3 is 2.62 bits per heavy atom. The molecular formula is C11H10N2O3. The second-order valence-electron chi connectivity index (χ2n) is 3.36. The summed E-state index contributed by atoms with van der Waals surface area (Å²) in [5.41, 5.74) is 1.08. The van der Waals surface area contributed by atoms with Crippen LogP contribution in [0.4, 0.5) is 0 Å². The van der Waals surface area contributed by atoms with Crippen LogP contribution >= 0.6 is 0 Å². The molecule has 2 aromatic rings. The fourth-order valence-corrected chi connectivity index (χ4v) is 1.51. The van der Waals surface area contributed by atoms with Gasteiger partial charge < -0.3 is 10.2 Å². The summed E-state index contributed by atoms with van der Waals surface area (Å²) in [5.74, 6) is -0.986. The molecule has 2 rings (SSSR count). The second-order valence-corrected chi connectivity index (χ2v) is 3.36. The summed E-state index contributed by atoms with van der Waals surface area (Å²) in [6.07, 6.45) is 0. The van der Waals surface area contributed by atoms with Crippen molar-refractivity contribution in [3.63, 3.8) is 0 Å². The fourth-order valence-electron chi connectivity index (χ4n) is 1.51. The van der Waals surface area contributed by atoms with Crippen molar-refractivity contribution in [3.8, 4) is 17.0 Å². The summed E-state index contributed by atoms with van der Waals surface area (Å²) in [6, 6.07) is 8.15. The van der Waals surface area contributed by atoms with Crippen molar-refractivity contribution in [1.29, 1.82) is 0 Å². The van der Waals surface area contributed by atoms with Crippen LogP contribution in [0.2, 0.25) is 0 Å². The molecular weight excluding hydrogens is 208 g/mol. The molecule has 0 saturated heterocycles. The number of carbonyl (C=O) groups is 1. The van der Waals surface area contributed by atoms with Crippen LogP contribution < -0.4 is 0 Å². The maximum atomic E-state index is 10.7. The van der Waals surface area contributed by atoms with Crippen LogP contribution in [0.25, 0.3) is 11.3 Å². The number of aryl methyl sites for hydroxylation is 1. The lowest BCUT2D eigenvalue weighted by atomic mass is 10.1. The Balaban J connectivity index is 2.57. The highest BCUT2D eigenvalue weighted by Crippen LogP contribution is 2.28. The molecule has 0 bridgehead atoms. The molecule has 0 aliphatic heterocycles. The van der Waals surface area contributed by atoms with E-state index < -0.39 is 5.97 Å². The lowest BCUT2D eigenvalue weighted by molar-refractivity contribution is 0.0689. The number of benzene rings is 1. The van der Waals surface area contributed by atoms with E-state index in [2.05, 4.69) is 5.10 Å². The van der Waals surface area contributed by atoms with Gasteiger partial charge in [-0.05, 0) is 18.2 Å². The molecule has 0 saturated carbocycles. The highest BCUT2D eigenvalue weighted by Gasteiger charge is 2.14. The number of phenolic OH excluding ortho intramolecular Hbond substituents is 1. The van der Waals surface area contributed by atoms with Crippen molar-refractivity contribution in [3.05, 3.63) is 36.0 Å².